The number of benzene rings is 2. The quantitative estimate of drug-likeness (QED) is 0.437. The minimum atomic E-state index is -3.89. The van der Waals surface area contributed by atoms with E-state index in [-0.39, 0.29) is 51.3 Å². The summed E-state index contributed by atoms with van der Waals surface area (Å²) >= 11 is 0. The molecular formula is C30H39N3O7S2. The number of nitrogens with zero attached hydrogens (tertiary/aromatic N) is 1. The number of carbonyl (C=O) groups excluding carboxylic acids is 1. The Labute approximate surface area is 248 Å². The number of sulfonamides is 2. The minimum absolute atomic E-state index is 0.00440. The molecule has 5 aliphatic rings. The Morgan fingerprint density at radius 1 is 0.976 bits per heavy atom. The summed E-state index contributed by atoms with van der Waals surface area (Å²) in [5.41, 5.74) is 0.396. The molecule has 4 aliphatic carbocycles. The second-order valence-electron chi connectivity index (χ2n) is 12.5. The van der Waals surface area contributed by atoms with Gasteiger partial charge < -0.3 is 14.8 Å². The predicted molar refractivity (Wildman–Crippen MR) is 157 cm³/mol. The molecule has 1 aliphatic heterocycles. The van der Waals surface area contributed by atoms with Crippen molar-refractivity contribution in [3.63, 3.8) is 0 Å². The van der Waals surface area contributed by atoms with E-state index in [0.29, 0.717) is 31.0 Å². The number of anilines is 1. The zero-order chi connectivity index (χ0) is 29.7. The van der Waals surface area contributed by atoms with Crippen molar-refractivity contribution < 1.29 is 31.1 Å². The SMILES string of the molecule is COc1ccc(NC(=O)c2cccc(S(=O)(=O)NC(C)C34CC5CC(CC(C5)C3)C4)c2)cc1S(=O)(=O)N1CCOCC1. The first-order valence-electron chi connectivity index (χ1n) is 14.7. The molecule has 228 valence electrons. The lowest BCUT2D eigenvalue weighted by Crippen LogP contribution is -2.55. The van der Waals surface area contributed by atoms with Crippen LogP contribution in [0, 0.1) is 23.2 Å². The van der Waals surface area contributed by atoms with Gasteiger partial charge in [0.1, 0.15) is 10.6 Å². The predicted octanol–water partition coefficient (Wildman–Crippen LogP) is 3.85. The molecular weight excluding hydrogens is 578 g/mol. The van der Waals surface area contributed by atoms with Gasteiger partial charge in [-0.1, -0.05) is 6.07 Å². The number of carbonyl (C=O) groups is 1. The largest absolute Gasteiger partial charge is 0.495 e. The van der Waals surface area contributed by atoms with Crippen LogP contribution in [0.15, 0.2) is 52.3 Å². The van der Waals surface area contributed by atoms with E-state index in [2.05, 4.69) is 10.0 Å². The van der Waals surface area contributed by atoms with Gasteiger partial charge in [-0.3, -0.25) is 4.79 Å². The van der Waals surface area contributed by atoms with Crippen molar-refractivity contribution in [1.29, 1.82) is 0 Å². The summed E-state index contributed by atoms with van der Waals surface area (Å²) in [6, 6.07) is 10.1. The molecule has 4 saturated carbocycles. The van der Waals surface area contributed by atoms with Gasteiger partial charge >= 0.3 is 0 Å². The van der Waals surface area contributed by atoms with Crippen LogP contribution in [0.3, 0.4) is 0 Å². The molecule has 5 fully saturated rings. The van der Waals surface area contributed by atoms with E-state index in [4.69, 9.17) is 9.47 Å². The van der Waals surface area contributed by atoms with Gasteiger partial charge in [0.05, 0.1) is 25.2 Å². The molecule has 1 heterocycles. The van der Waals surface area contributed by atoms with Crippen LogP contribution in [0.2, 0.25) is 0 Å². The Kier molecular flexibility index (Phi) is 7.88. The fourth-order valence-corrected chi connectivity index (χ4v) is 11.0. The molecule has 0 aromatic heterocycles. The molecule has 1 unspecified atom stereocenters. The summed E-state index contributed by atoms with van der Waals surface area (Å²) in [6.07, 6.45) is 7.09. The highest BCUT2D eigenvalue weighted by Crippen LogP contribution is 2.61. The first-order chi connectivity index (χ1) is 20.0. The number of amides is 1. The van der Waals surface area contributed by atoms with Gasteiger partial charge in [-0.2, -0.15) is 4.31 Å². The zero-order valence-electron chi connectivity index (χ0n) is 24.0. The van der Waals surface area contributed by atoms with Crippen molar-refractivity contribution in [2.75, 3.05) is 38.7 Å². The second kappa shape index (κ2) is 11.2. The molecule has 12 heteroatoms. The molecule has 2 N–H and O–H groups in total. The third kappa shape index (κ3) is 5.59. The fourth-order valence-electron chi connectivity index (χ4n) is 8.02. The van der Waals surface area contributed by atoms with E-state index < -0.39 is 26.0 Å². The summed E-state index contributed by atoms with van der Waals surface area (Å²) in [7, 11) is -6.38. The van der Waals surface area contributed by atoms with Gasteiger partial charge in [0, 0.05) is 30.4 Å². The number of methoxy groups -OCH3 is 1. The number of nitrogens with one attached hydrogen (secondary N) is 2. The third-order valence-electron chi connectivity index (χ3n) is 9.75. The normalized spacial score (nSPS) is 28.4. The molecule has 1 amide bonds. The molecule has 7 rings (SSSR count). The Hall–Kier alpha value is -2.51. The minimum Gasteiger partial charge on any atom is -0.495 e. The summed E-state index contributed by atoms with van der Waals surface area (Å²) < 4.78 is 68.5. The van der Waals surface area contributed by atoms with Gasteiger partial charge in [0.2, 0.25) is 20.0 Å². The molecule has 1 atom stereocenters. The highest BCUT2D eigenvalue weighted by Gasteiger charge is 2.53. The van der Waals surface area contributed by atoms with Gasteiger partial charge in [0.25, 0.3) is 5.91 Å². The Balaban J connectivity index is 1.19. The molecule has 0 radical (unpaired) electrons. The summed E-state index contributed by atoms with van der Waals surface area (Å²) in [4.78, 5) is 13.2. The number of hydrogen-bond acceptors (Lipinski definition) is 7. The number of hydrogen-bond donors (Lipinski definition) is 2. The standard InChI is InChI=1S/C30H39N3O7S2/c1-20(30-17-21-12-22(18-30)14-23(13-21)19-30)32-41(35,36)26-5-3-4-24(15-26)29(34)31-25-6-7-27(39-2)28(16-25)42(37,38)33-8-10-40-11-9-33/h3-7,15-16,20-23,32H,8-14,17-19H2,1-2H3,(H,31,34). The van der Waals surface area contributed by atoms with Crippen LogP contribution in [0.25, 0.3) is 0 Å². The highest BCUT2D eigenvalue weighted by molar-refractivity contribution is 7.89. The Bertz CT molecular complexity index is 1530. The van der Waals surface area contributed by atoms with E-state index in [1.807, 2.05) is 6.92 Å². The van der Waals surface area contributed by atoms with Crippen LogP contribution in [0.1, 0.15) is 55.8 Å². The van der Waals surface area contributed by atoms with E-state index in [9.17, 15) is 21.6 Å². The zero-order valence-corrected chi connectivity index (χ0v) is 25.7. The van der Waals surface area contributed by atoms with Crippen LogP contribution >= 0.6 is 0 Å². The molecule has 10 nitrogen and oxygen atoms in total. The van der Waals surface area contributed by atoms with E-state index in [1.54, 1.807) is 12.1 Å². The van der Waals surface area contributed by atoms with Gasteiger partial charge in [-0.15, -0.1) is 0 Å². The second-order valence-corrected chi connectivity index (χ2v) is 16.1. The molecule has 2 aromatic rings. The third-order valence-corrected chi connectivity index (χ3v) is 13.2. The monoisotopic (exact) mass is 617 g/mol. The lowest BCUT2D eigenvalue weighted by Gasteiger charge is -2.59. The average molecular weight is 618 g/mol. The average Bonchev–Trinajstić information content (AvgIpc) is 2.97. The van der Waals surface area contributed by atoms with Crippen molar-refractivity contribution in [3.05, 3.63) is 48.0 Å². The summed E-state index contributed by atoms with van der Waals surface area (Å²) in [5, 5.41) is 2.72. The van der Waals surface area contributed by atoms with Crippen molar-refractivity contribution in [2.45, 2.75) is 61.3 Å². The Morgan fingerprint density at radius 2 is 1.62 bits per heavy atom. The van der Waals surface area contributed by atoms with Crippen molar-refractivity contribution >= 4 is 31.6 Å². The van der Waals surface area contributed by atoms with Crippen LogP contribution in [0.4, 0.5) is 5.69 Å². The van der Waals surface area contributed by atoms with Crippen LogP contribution in [-0.4, -0.2) is 66.5 Å². The van der Waals surface area contributed by atoms with Crippen LogP contribution < -0.4 is 14.8 Å². The van der Waals surface area contributed by atoms with E-state index in [1.165, 1.54) is 61.0 Å². The summed E-state index contributed by atoms with van der Waals surface area (Å²) in [6.45, 7) is 3.03. The maximum atomic E-state index is 13.5. The van der Waals surface area contributed by atoms with Crippen molar-refractivity contribution in [2.24, 2.45) is 23.2 Å². The van der Waals surface area contributed by atoms with E-state index in [0.717, 1.165) is 19.3 Å². The van der Waals surface area contributed by atoms with Crippen LogP contribution in [0.5, 0.6) is 5.75 Å². The molecule has 1 saturated heterocycles. The smallest absolute Gasteiger partial charge is 0.255 e. The molecule has 2 aromatic carbocycles. The van der Waals surface area contributed by atoms with Crippen molar-refractivity contribution in [1.82, 2.24) is 9.03 Å². The number of rotatable bonds is 9. The lowest BCUT2D eigenvalue weighted by molar-refractivity contribution is -0.0666. The molecule has 0 spiro atoms. The van der Waals surface area contributed by atoms with Gasteiger partial charge in [-0.25, -0.2) is 21.6 Å². The summed E-state index contributed by atoms with van der Waals surface area (Å²) in [5.74, 6) is 1.72. The first kappa shape index (κ1) is 29.6. The topological polar surface area (TPSA) is 131 Å². The van der Waals surface area contributed by atoms with Crippen molar-refractivity contribution in [3.8, 4) is 5.75 Å². The highest BCUT2D eigenvalue weighted by atomic mass is 32.2. The van der Waals surface area contributed by atoms with E-state index >= 15 is 0 Å². The lowest BCUT2D eigenvalue weighted by atomic mass is 9.48. The number of morpholine rings is 1. The molecule has 42 heavy (non-hydrogen) atoms. The Morgan fingerprint density at radius 3 is 2.24 bits per heavy atom. The maximum Gasteiger partial charge on any atom is 0.255 e. The first-order valence-corrected chi connectivity index (χ1v) is 17.6. The number of ether oxygens (including phenoxy) is 2. The van der Waals surface area contributed by atoms with Crippen LogP contribution in [-0.2, 0) is 24.8 Å². The molecule has 4 bridgehead atoms. The van der Waals surface area contributed by atoms with Gasteiger partial charge in [0.15, 0.2) is 0 Å². The maximum absolute atomic E-state index is 13.5. The van der Waals surface area contributed by atoms with Gasteiger partial charge in [-0.05, 0) is 105 Å². The fraction of sp³-hybridized carbons (Fsp3) is 0.567.